The van der Waals surface area contributed by atoms with Crippen LogP contribution in [0, 0.1) is 0 Å². The molecule has 0 saturated carbocycles. The van der Waals surface area contributed by atoms with E-state index in [9.17, 15) is 16.8 Å². The molecule has 0 aromatic carbocycles. The minimum atomic E-state index is -3.80. The summed E-state index contributed by atoms with van der Waals surface area (Å²) in [6.07, 6.45) is 33.6. The summed E-state index contributed by atoms with van der Waals surface area (Å²) in [4.78, 5) is 0. The summed E-state index contributed by atoms with van der Waals surface area (Å²) in [5, 5.41) is 0. The Hall–Kier alpha value is -0.260. The van der Waals surface area contributed by atoms with Crippen molar-refractivity contribution in [3.05, 3.63) is 0 Å². The molecule has 0 spiro atoms. The molecule has 0 aliphatic carbocycles. The van der Waals surface area contributed by atoms with Gasteiger partial charge >= 0.3 is 0 Å². The van der Waals surface area contributed by atoms with Crippen LogP contribution in [0.4, 0.5) is 0 Å². The van der Waals surface area contributed by atoms with E-state index in [4.69, 9.17) is 9.11 Å². The Kier molecular flexibility index (Phi) is 32.7. The van der Waals surface area contributed by atoms with E-state index in [1.54, 1.807) is 0 Å². The number of unbranched alkanes of at least 4 members (excludes halogenated alkanes) is 22. The van der Waals surface area contributed by atoms with Gasteiger partial charge in [-0.1, -0.05) is 142 Å². The molecule has 48 heavy (non-hydrogen) atoms. The molecule has 292 valence electrons. The van der Waals surface area contributed by atoms with Gasteiger partial charge in [0.25, 0.3) is 20.2 Å². The van der Waals surface area contributed by atoms with Crippen molar-refractivity contribution in [2.24, 2.45) is 0 Å². The molecule has 0 unspecified atom stereocenters. The minimum Gasteiger partial charge on any atom is -0.328 e. The standard InChI is InChI=1S/2C19H41NO3S/c2*1-4-5-6-7-8-9-10-11-12-13-14-15-17-20(2,3)18-16-19-24(21,22)23/h2*4-19H2,1-3H3/p+2. The Morgan fingerprint density at radius 2 is 0.521 bits per heavy atom. The number of nitrogens with zero attached hydrogens (tertiary/aromatic N) is 2. The molecule has 0 aliphatic heterocycles. The van der Waals surface area contributed by atoms with Crippen LogP contribution in [0.2, 0.25) is 0 Å². The van der Waals surface area contributed by atoms with Crippen LogP contribution in [0.25, 0.3) is 0 Å². The third-order valence-electron chi connectivity index (χ3n) is 9.57. The number of quaternary nitrogens is 2. The zero-order valence-electron chi connectivity index (χ0n) is 32.9. The topological polar surface area (TPSA) is 109 Å². The minimum absolute atomic E-state index is 0.118. The van der Waals surface area contributed by atoms with Gasteiger partial charge in [0.2, 0.25) is 0 Å². The van der Waals surface area contributed by atoms with Gasteiger partial charge in [0.15, 0.2) is 0 Å². The molecular weight excluding hydrogens is 645 g/mol. The Morgan fingerprint density at radius 3 is 0.729 bits per heavy atom. The van der Waals surface area contributed by atoms with E-state index in [0.29, 0.717) is 12.8 Å². The van der Waals surface area contributed by atoms with Crippen LogP contribution in [0.15, 0.2) is 0 Å². The van der Waals surface area contributed by atoms with Gasteiger partial charge in [0.05, 0.1) is 65.9 Å². The Morgan fingerprint density at radius 1 is 0.333 bits per heavy atom. The number of hydrogen-bond donors (Lipinski definition) is 2. The lowest BCUT2D eigenvalue weighted by Gasteiger charge is -2.29. The lowest BCUT2D eigenvalue weighted by Crippen LogP contribution is -2.41. The van der Waals surface area contributed by atoms with Crippen LogP contribution < -0.4 is 0 Å². The summed E-state index contributed by atoms with van der Waals surface area (Å²) < 4.78 is 62.2. The molecule has 0 rings (SSSR count). The van der Waals surface area contributed by atoms with Gasteiger partial charge in [0, 0.05) is 12.8 Å². The summed E-state index contributed by atoms with van der Waals surface area (Å²) in [6.45, 7) is 8.31. The summed E-state index contributed by atoms with van der Waals surface area (Å²) in [7, 11) is 0.958. The fourth-order valence-electron chi connectivity index (χ4n) is 6.34. The quantitative estimate of drug-likeness (QED) is 0.0388. The molecule has 0 saturated heterocycles. The first-order chi connectivity index (χ1) is 22.5. The zero-order valence-corrected chi connectivity index (χ0v) is 34.5. The van der Waals surface area contributed by atoms with Crippen molar-refractivity contribution >= 4 is 20.2 Å². The fourth-order valence-corrected chi connectivity index (χ4v) is 7.32. The predicted molar refractivity (Wildman–Crippen MR) is 208 cm³/mol. The van der Waals surface area contributed by atoms with Crippen LogP contribution in [0.3, 0.4) is 0 Å². The van der Waals surface area contributed by atoms with Crippen molar-refractivity contribution in [2.45, 2.75) is 181 Å². The first-order valence-corrected chi connectivity index (χ1v) is 23.3. The first-order valence-electron chi connectivity index (χ1n) is 20.1. The normalized spacial score (nSPS) is 12.7. The SMILES string of the molecule is CCCCCCCCCCCCCC[N+](C)(C)CCCS(=O)(=O)O.CCCCCCCCCCCCCC[N+](C)(C)CCCS(=O)(=O)O. The van der Waals surface area contributed by atoms with Crippen molar-refractivity contribution in [1.29, 1.82) is 0 Å². The smallest absolute Gasteiger partial charge is 0.265 e. The van der Waals surface area contributed by atoms with Gasteiger partial charge in [-0.05, 0) is 25.7 Å². The van der Waals surface area contributed by atoms with Gasteiger partial charge in [0.1, 0.15) is 0 Å². The molecule has 0 bridgehead atoms. The maximum atomic E-state index is 10.7. The fraction of sp³-hybridized carbons (Fsp3) is 1.00. The van der Waals surface area contributed by atoms with Crippen molar-refractivity contribution in [3.63, 3.8) is 0 Å². The van der Waals surface area contributed by atoms with Crippen molar-refractivity contribution in [3.8, 4) is 0 Å². The van der Waals surface area contributed by atoms with Crippen LogP contribution in [-0.4, -0.2) is 101 Å². The molecule has 0 atom stereocenters. The maximum Gasteiger partial charge on any atom is 0.265 e. The average Bonchev–Trinajstić information content (AvgIpc) is 2.97. The van der Waals surface area contributed by atoms with E-state index in [0.717, 1.165) is 35.1 Å². The summed E-state index contributed by atoms with van der Waals surface area (Å²) in [5.41, 5.74) is 0. The second-order valence-electron chi connectivity index (χ2n) is 15.8. The third-order valence-corrected chi connectivity index (χ3v) is 11.2. The monoisotopic (exact) mass is 729 g/mol. The lowest BCUT2D eigenvalue weighted by atomic mass is 10.1. The van der Waals surface area contributed by atoms with Crippen LogP contribution >= 0.6 is 0 Å². The zero-order chi connectivity index (χ0) is 36.6. The molecule has 2 N–H and O–H groups in total. The summed E-state index contributed by atoms with van der Waals surface area (Å²) in [5.74, 6) is -0.236. The summed E-state index contributed by atoms with van der Waals surface area (Å²) in [6, 6.07) is 0. The molecule has 0 heterocycles. The second-order valence-corrected chi connectivity index (χ2v) is 19.0. The maximum absolute atomic E-state index is 10.7. The molecule has 0 aromatic rings. The average molecular weight is 729 g/mol. The van der Waals surface area contributed by atoms with E-state index in [2.05, 4.69) is 42.0 Å². The van der Waals surface area contributed by atoms with Crippen LogP contribution in [0.1, 0.15) is 181 Å². The highest BCUT2D eigenvalue weighted by Gasteiger charge is 2.17. The second kappa shape index (κ2) is 31.5. The van der Waals surface area contributed by atoms with Gasteiger partial charge in [-0.15, -0.1) is 0 Å². The van der Waals surface area contributed by atoms with E-state index in [1.807, 2.05) is 0 Å². The molecule has 10 heteroatoms. The third kappa shape index (κ3) is 43.8. The number of rotatable bonds is 34. The highest BCUT2D eigenvalue weighted by atomic mass is 32.2. The predicted octanol–water partition coefficient (Wildman–Crippen LogP) is 10.1. The molecular formula is C38H84N2O6S2+2. The van der Waals surface area contributed by atoms with E-state index in [-0.39, 0.29) is 11.5 Å². The van der Waals surface area contributed by atoms with Gasteiger partial charge in [-0.3, -0.25) is 9.11 Å². The highest BCUT2D eigenvalue weighted by molar-refractivity contribution is 7.86. The molecule has 0 radical (unpaired) electrons. The van der Waals surface area contributed by atoms with Gasteiger partial charge in [-0.25, -0.2) is 0 Å². The van der Waals surface area contributed by atoms with Crippen molar-refractivity contribution in [1.82, 2.24) is 0 Å². The summed E-state index contributed by atoms with van der Waals surface area (Å²) >= 11 is 0. The van der Waals surface area contributed by atoms with Crippen LogP contribution in [-0.2, 0) is 20.2 Å². The molecule has 0 fully saturated rings. The van der Waals surface area contributed by atoms with Crippen molar-refractivity contribution < 1.29 is 34.9 Å². The van der Waals surface area contributed by atoms with Crippen LogP contribution in [0.5, 0.6) is 0 Å². The number of hydrogen-bond acceptors (Lipinski definition) is 4. The van der Waals surface area contributed by atoms with Gasteiger partial charge < -0.3 is 8.97 Å². The highest BCUT2D eigenvalue weighted by Crippen LogP contribution is 2.14. The van der Waals surface area contributed by atoms with Crippen molar-refractivity contribution in [2.75, 3.05) is 65.9 Å². The lowest BCUT2D eigenvalue weighted by molar-refractivity contribution is -0.890. The van der Waals surface area contributed by atoms with E-state index in [1.165, 1.54) is 154 Å². The largest absolute Gasteiger partial charge is 0.328 e. The molecule has 0 amide bonds. The van der Waals surface area contributed by atoms with E-state index >= 15 is 0 Å². The molecule has 0 aromatic heterocycles. The Balaban J connectivity index is 0. The van der Waals surface area contributed by atoms with E-state index < -0.39 is 20.2 Å². The molecule has 8 nitrogen and oxygen atoms in total. The Bertz CT molecular complexity index is 834. The first kappa shape index (κ1) is 49.9. The Labute approximate surface area is 300 Å². The van der Waals surface area contributed by atoms with Gasteiger partial charge in [-0.2, -0.15) is 16.8 Å². The molecule has 0 aliphatic rings.